The van der Waals surface area contributed by atoms with E-state index in [2.05, 4.69) is 0 Å². The zero-order valence-corrected chi connectivity index (χ0v) is 15.2. The molecule has 0 aliphatic carbocycles. The highest BCUT2D eigenvalue weighted by Gasteiger charge is 2.37. The smallest absolute Gasteiger partial charge is 0.202 e. The highest BCUT2D eigenvalue weighted by Crippen LogP contribution is 2.51. The lowest BCUT2D eigenvalue weighted by Crippen LogP contribution is -2.03. The van der Waals surface area contributed by atoms with E-state index in [9.17, 15) is 9.59 Å². The molecule has 0 spiro atoms. The van der Waals surface area contributed by atoms with E-state index in [0.29, 0.717) is 31.7 Å². The van der Waals surface area contributed by atoms with Crippen LogP contribution >= 0.6 is 35.1 Å². The first-order chi connectivity index (χ1) is 11.5. The Morgan fingerprint density at radius 2 is 1.67 bits per heavy atom. The maximum atomic E-state index is 12.8. The predicted octanol–water partition coefficient (Wildman–Crippen LogP) is 5.15. The Morgan fingerprint density at radius 3 is 2.42 bits per heavy atom. The SMILES string of the molecule is COc1ccc2c(c1)S/C(=C1/Sc3cc(Cl)cc(C)c3C1=O)C2=O. The fourth-order valence-electron chi connectivity index (χ4n) is 2.83. The first-order valence-corrected chi connectivity index (χ1v) is 9.18. The van der Waals surface area contributed by atoms with E-state index < -0.39 is 0 Å². The second-order valence-electron chi connectivity index (χ2n) is 5.48. The maximum absolute atomic E-state index is 12.8. The normalized spacial score (nSPS) is 18.8. The summed E-state index contributed by atoms with van der Waals surface area (Å²) in [5.41, 5.74) is 2.09. The summed E-state index contributed by atoms with van der Waals surface area (Å²) in [4.78, 5) is 28.2. The summed E-state index contributed by atoms with van der Waals surface area (Å²) in [6, 6.07) is 8.88. The minimum atomic E-state index is -0.106. The summed E-state index contributed by atoms with van der Waals surface area (Å²) in [7, 11) is 1.59. The number of hydrogen-bond acceptors (Lipinski definition) is 5. The largest absolute Gasteiger partial charge is 0.497 e. The maximum Gasteiger partial charge on any atom is 0.202 e. The number of hydrogen-bond donors (Lipinski definition) is 0. The van der Waals surface area contributed by atoms with Crippen LogP contribution in [0.2, 0.25) is 5.02 Å². The summed E-state index contributed by atoms with van der Waals surface area (Å²) >= 11 is 8.75. The number of ether oxygens (including phenoxy) is 1. The van der Waals surface area contributed by atoms with E-state index in [-0.39, 0.29) is 11.6 Å². The molecule has 2 aliphatic heterocycles. The van der Waals surface area contributed by atoms with Gasteiger partial charge in [0.1, 0.15) is 5.75 Å². The third-order valence-electron chi connectivity index (χ3n) is 3.97. The Bertz CT molecular complexity index is 963. The Labute approximate surface area is 152 Å². The number of rotatable bonds is 1. The standard InChI is InChI=1S/C18H11ClO3S2/c1-8-5-9(19)6-13-14(8)16(21)18(24-13)17-15(20)11-4-3-10(22-2)7-12(11)23-17/h3-7H,1-2H3/b18-17+. The van der Waals surface area contributed by atoms with E-state index in [0.717, 1.165) is 15.4 Å². The number of Topliss-reactive ketones (excluding diaryl/α,β-unsaturated/α-hetero) is 2. The van der Waals surface area contributed by atoms with Gasteiger partial charge < -0.3 is 4.74 Å². The van der Waals surface area contributed by atoms with Gasteiger partial charge in [-0.15, -0.1) is 0 Å². The van der Waals surface area contributed by atoms with E-state index in [4.69, 9.17) is 16.3 Å². The first kappa shape index (κ1) is 15.8. The fourth-order valence-corrected chi connectivity index (χ4v) is 5.62. The zero-order valence-electron chi connectivity index (χ0n) is 12.8. The lowest BCUT2D eigenvalue weighted by atomic mass is 10.0. The minimum absolute atomic E-state index is 0.0974. The molecule has 0 aromatic heterocycles. The molecular formula is C18H11ClO3S2. The van der Waals surface area contributed by atoms with Crippen LogP contribution in [0.3, 0.4) is 0 Å². The Kier molecular flexibility index (Phi) is 3.75. The number of carbonyl (C=O) groups is 2. The number of aryl methyl sites for hydroxylation is 1. The molecule has 0 amide bonds. The van der Waals surface area contributed by atoms with Gasteiger partial charge in [0.2, 0.25) is 11.6 Å². The second-order valence-corrected chi connectivity index (χ2v) is 8.02. The predicted molar refractivity (Wildman–Crippen MR) is 96.6 cm³/mol. The summed E-state index contributed by atoms with van der Waals surface area (Å²) in [5.74, 6) is 0.487. The topological polar surface area (TPSA) is 43.4 Å². The number of benzene rings is 2. The summed E-state index contributed by atoms with van der Waals surface area (Å²) in [6.07, 6.45) is 0. The van der Waals surface area contributed by atoms with E-state index in [1.165, 1.54) is 23.5 Å². The van der Waals surface area contributed by atoms with Crippen LogP contribution in [-0.4, -0.2) is 18.7 Å². The van der Waals surface area contributed by atoms with Crippen molar-refractivity contribution in [2.75, 3.05) is 7.11 Å². The molecule has 2 aromatic rings. The molecule has 2 heterocycles. The van der Waals surface area contributed by atoms with Crippen molar-refractivity contribution in [3.8, 4) is 5.75 Å². The number of allylic oxidation sites excluding steroid dienone is 2. The molecule has 4 rings (SSSR count). The summed E-state index contributed by atoms with van der Waals surface area (Å²) < 4.78 is 5.21. The van der Waals surface area contributed by atoms with Crippen LogP contribution in [-0.2, 0) is 0 Å². The number of thioether (sulfide) groups is 2. The monoisotopic (exact) mass is 374 g/mol. The van der Waals surface area contributed by atoms with Gasteiger partial charge in [0.25, 0.3) is 0 Å². The molecule has 0 atom stereocenters. The summed E-state index contributed by atoms with van der Waals surface area (Å²) in [5, 5.41) is 0.594. The van der Waals surface area contributed by atoms with Crippen LogP contribution in [0.5, 0.6) is 5.75 Å². The van der Waals surface area contributed by atoms with Gasteiger partial charge in [-0.2, -0.15) is 0 Å². The molecule has 120 valence electrons. The van der Waals surface area contributed by atoms with Gasteiger partial charge in [0.15, 0.2) is 0 Å². The fraction of sp³-hybridized carbons (Fsp3) is 0.111. The number of ketones is 2. The van der Waals surface area contributed by atoms with E-state index in [1.54, 1.807) is 31.4 Å². The van der Waals surface area contributed by atoms with Gasteiger partial charge in [-0.05, 0) is 42.8 Å². The highest BCUT2D eigenvalue weighted by atomic mass is 35.5. The molecule has 0 saturated carbocycles. The van der Waals surface area contributed by atoms with E-state index in [1.807, 2.05) is 13.0 Å². The van der Waals surface area contributed by atoms with Gasteiger partial charge in [-0.25, -0.2) is 0 Å². The lowest BCUT2D eigenvalue weighted by Gasteiger charge is -2.01. The van der Waals surface area contributed by atoms with Crippen molar-refractivity contribution in [1.29, 1.82) is 0 Å². The van der Waals surface area contributed by atoms with Crippen LogP contribution in [0.15, 0.2) is 49.9 Å². The van der Waals surface area contributed by atoms with Crippen molar-refractivity contribution in [1.82, 2.24) is 0 Å². The van der Waals surface area contributed by atoms with Gasteiger partial charge in [-0.3, -0.25) is 9.59 Å². The quantitative estimate of drug-likeness (QED) is 0.646. The molecule has 24 heavy (non-hydrogen) atoms. The van der Waals surface area contributed by atoms with Crippen molar-refractivity contribution >= 4 is 46.7 Å². The molecule has 0 bridgehead atoms. The van der Waals surface area contributed by atoms with Crippen molar-refractivity contribution in [2.45, 2.75) is 16.7 Å². The number of fused-ring (bicyclic) bond motifs is 2. The van der Waals surface area contributed by atoms with Crippen molar-refractivity contribution < 1.29 is 14.3 Å². The molecule has 2 aromatic carbocycles. The van der Waals surface area contributed by atoms with Crippen LogP contribution in [0.4, 0.5) is 0 Å². The van der Waals surface area contributed by atoms with Crippen LogP contribution in [0.25, 0.3) is 0 Å². The third-order valence-corrected chi connectivity index (χ3v) is 6.60. The van der Waals surface area contributed by atoms with Gasteiger partial charge in [0, 0.05) is 25.9 Å². The lowest BCUT2D eigenvalue weighted by molar-refractivity contribution is 0.101. The first-order valence-electron chi connectivity index (χ1n) is 7.17. The molecule has 6 heteroatoms. The van der Waals surface area contributed by atoms with Crippen molar-refractivity contribution in [2.24, 2.45) is 0 Å². The number of methoxy groups -OCH3 is 1. The Hall–Kier alpha value is -1.69. The van der Waals surface area contributed by atoms with Crippen LogP contribution in [0, 0.1) is 6.92 Å². The average molecular weight is 375 g/mol. The Balaban J connectivity index is 1.81. The molecule has 0 radical (unpaired) electrons. The zero-order chi connectivity index (χ0) is 17.0. The van der Waals surface area contributed by atoms with Gasteiger partial charge >= 0.3 is 0 Å². The van der Waals surface area contributed by atoms with Crippen molar-refractivity contribution in [3.05, 3.63) is 61.9 Å². The Morgan fingerprint density at radius 1 is 0.958 bits per heavy atom. The third kappa shape index (κ3) is 2.31. The number of carbonyl (C=O) groups excluding carboxylic acids is 2. The van der Waals surface area contributed by atoms with Crippen LogP contribution in [0.1, 0.15) is 26.3 Å². The highest BCUT2D eigenvalue weighted by molar-refractivity contribution is 8.08. The molecule has 2 aliphatic rings. The second kappa shape index (κ2) is 5.69. The van der Waals surface area contributed by atoms with Gasteiger partial charge in [0.05, 0.1) is 16.9 Å². The molecule has 0 N–H and O–H groups in total. The average Bonchev–Trinajstić information content (AvgIpc) is 3.04. The molecule has 3 nitrogen and oxygen atoms in total. The number of halogens is 1. The molecular weight excluding hydrogens is 364 g/mol. The summed E-state index contributed by atoms with van der Waals surface area (Å²) in [6.45, 7) is 1.86. The van der Waals surface area contributed by atoms with E-state index >= 15 is 0 Å². The molecule has 0 unspecified atom stereocenters. The minimum Gasteiger partial charge on any atom is -0.497 e. The van der Waals surface area contributed by atoms with Gasteiger partial charge in [-0.1, -0.05) is 35.1 Å². The van der Waals surface area contributed by atoms with Crippen molar-refractivity contribution in [3.63, 3.8) is 0 Å². The molecule has 0 fully saturated rings. The molecule has 0 saturated heterocycles. The van der Waals surface area contributed by atoms with Crippen LogP contribution < -0.4 is 4.74 Å².